The van der Waals surface area contributed by atoms with Gasteiger partial charge in [0, 0.05) is 18.6 Å². The summed E-state index contributed by atoms with van der Waals surface area (Å²) in [6.07, 6.45) is 4.00. The molecule has 2 aliphatic rings. The number of sulfonamides is 1. The Bertz CT molecular complexity index is 405. The van der Waals surface area contributed by atoms with Gasteiger partial charge in [0.05, 0.1) is 6.07 Å². The van der Waals surface area contributed by atoms with Crippen LogP contribution in [0.2, 0.25) is 0 Å². The second-order valence-corrected chi connectivity index (χ2v) is 7.12. The van der Waals surface area contributed by atoms with E-state index >= 15 is 0 Å². The summed E-state index contributed by atoms with van der Waals surface area (Å²) >= 11 is 0. The number of hydrogen-bond acceptors (Lipinski definition) is 4. The van der Waals surface area contributed by atoms with E-state index in [2.05, 4.69) is 5.32 Å². The summed E-state index contributed by atoms with van der Waals surface area (Å²) in [5.41, 5.74) is 0. The van der Waals surface area contributed by atoms with Crippen molar-refractivity contribution in [1.29, 1.82) is 5.26 Å². The fourth-order valence-electron chi connectivity index (χ4n) is 2.22. The van der Waals surface area contributed by atoms with Crippen LogP contribution in [0.1, 0.15) is 32.6 Å². The number of nitrogens with one attached hydrogen (secondary N) is 1. The zero-order chi connectivity index (χ0) is 12.5. The number of hydrogen-bond donors (Lipinski definition) is 1. The van der Waals surface area contributed by atoms with Crippen LogP contribution in [-0.4, -0.2) is 43.1 Å². The minimum absolute atomic E-state index is 0.137. The maximum absolute atomic E-state index is 12.2. The van der Waals surface area contributed by atoms with Gasteiger partial charge < -0.3 is 5.32 Å². The number of rotatable bonds is 5. The highest BCUT2D eigenvalue weighted by Crippen LogP contribution is 2.31. The highest BCUT2D eigenvalue weighted by Gasteiger charge is 2.41. The topological polar surface area (TPSA) is 73.2 Å². The van der Waals surface area contributed by atoms with Crippen molar-refractivity contribution in [2.75, 3.05) is 13.1 Å². The fraction of sp³-hybridized carbons (Fsp3) is 0.909. The van der Waals surface area contributed by atoms with E-state index in [0.29, 0.717) is 6.54 Å². The number of nitriles is 1. The van der Waals surface area contributed by atoms with Crippen LogP contribution in [0.4, 0.5) is 0 Å². The summed E-state index contributed by atoms with van der Waals surface area (Å²) in [5.74, 6) is 0. The van der Waals surface area contributed by atoms with E-state index in [0.717, 1.165) is 32.2 Å². The molecule has 1 aliphatic carbocycles. The van der Waals surface area contributed by atoms with Crippen LogP contribution in [0, 0.1) is 11.3 Å². The highest BCUT2D eigenvalue weighted by molar-refractivity contribution is 7.90. The predicted octanol–water partition coefficient (Wildman–Crippen LogP) is 0.445. The molecule has 0 aromatic heterocycles. The van der Waals surface area contributed by atoms with E-state index in [1.165, 1.54) is 6.92 Å². The lowest BCUT2D eigenvalue weighted by Crippen LogP contribution is -2.45. The Hall–Kier alpha value is -0.640. The van der Waals surface area contributed by atoms with Gasteiger partial charge in [-0.2, -0.15) is 9.57 Å². The third kappa shape index (κ3) is 2.79. The Morgan fingerprint density at radius 1 is 1.47 bits per heavy atom. The first-order valence-corrected chi connectivity index (χ1v) is 7.69. The molecule has 17 heavy (non-hydrogen) atoms. The smallest absolute Gasteiger partial charge is 0.230 e. The molecule has 1 N–H and O–H groups in total. The van der Waals surface area contributed by atoms with E-state index in [1.807, 2.05) is 6.07 Å². The van der Waals surface area contributed by atoms with Crippen LogP contribution >= 0.6 is 0 Å². The third-order valence-electron chi connectivity index (χ3n) is 3.47. The van der Waals surface area contributed by atoms with Crippen molar-refractivity contribution in [3.8, 4) is 6.07 Å². The van der Waals surface area contributed by atoms with Gasteiger partial charge in [-0.1, -0.05) is 0 Å². The van der Waals surface area contributed by atoms with Crippen molar-refractivity contribution in [3.63, 3.8) is 0 Å². The van der Waals surface area contributed by atoms with Gasteiger partial charge in [-0.25, -0.2) is 8.42 Å². The minimum atomic E-state index is -3.44. The summed E-state index contributed by atoms with van der Waals surface area (Å²) in [4.78, 5) is 0. The monoisotopic (exact) mass is 257 g/mol. The van der Waals surface area contributed by atoms with Crippen molar-refractivity contribution in [2.45, 2.75) is 49.9 Å². The largest absolute Gasteiger partial charge is 0.313 e. The van der Waals surface area contributed by atoms with E-state index in [1.54, 1.807) is 4.31 Å². The third-order valence-corrected chi connectivity index (χ3v) is 5.57. The van der Waals surface area contributed by atoms with Gasteiger partial charge in [0.15, 0.2) is 5.25 Å². The lowest BCUT2D eigenvalue weighted by molar-refractivity contribution is 0.361. The van der Waals surface area contributed by atoms with Crippen LogP contribution in [-0.2, 0) is 10.0 Å². The first-order chi connectivity index (χ1) is 8.05. The molecule has 0 aromatic carbocycles. The summed E-state index contributed by atoms with van der Waals surface area (Å²) in [7, 11) is -3.44. The van der Waals surface area contributed by atoms with Gasteiger partial charge in [-0.05, 0) is 39.2 Å². The van der Waals surface area contributed by atoms with Crippen molar-refractivity contribution >= 4 is 10.0 Å². The zero-order valence-corrected chi connectivity index (χ0v) is 10.9. The van der Waals surface area contributed by atoms with Crippen LogP contribution in [0.15, 0.2) is 0 Å². The molecule has 1 heterocycles. The standard InChI is InChI=1S/C11H19N3O2S/c1-9(7-12)17(15,16)14(11-4-5-11)8-10-3-2-6-13-10/h9-11,13H,2-6,8H2,1H3. The Labute approximate surface area is 103 Å². The number of nitrogens with zero attached hydrogens (tertiary/aromatic N) is 2. The molecule has 0 radical (unpaired) electrons. The van der Waals surface area contributed by atoms with E-state index in [-0.39, 0.29) is 12.1 Å². The average Bonchev–Trinajstić information content (AvgIpc) is 3.01. The van der Waals surface area contributed by atoms with Crippen molar-refractivity contribution in [2.24, 2.45) is 0 Å². The van der Waals surface area contributed by atoms with Gasteiger partial charge >= 0.3 is 0 Å². The molecule has 0 aromatic rings. The van der Waals surface area contributed by atoms with E-state index in [4.69, 9.17) is 5.26 Å². The van der Waals surface area contributed by atoms with Gasteiger partial charge in [0.1, 0.15) is 0 Å². The molecule has 1 saturated heterocycles. The van der Waals surface area contributed by atoms with E-state index in [9.17, 15) is 8.42 Å². The Morgan fingerprint density at radius 3 is 2.65 bits per heavy atom. The normalized spacial score (nSPS) is 27.0. The maximum Gasteiger partial charge on any atom is 0.230 e. The molecule has 0 spiro atoms. The van der Waals surface area contributed by atoms with Gasteiger partial charge in [0.2, 0.25) is 10.0 Å². The first kappa shape index (κ1) is 12.8. The van der Waals surface area contributed by atoms with Gasteiger partial charge in [0.25, 0.3) is 0 Å². The molecular formula is C11H19N3O2S. The Kier molecular flexibility index (Phi) is 3.71. The predicted molar refractivity (Wildman–Crippen MR) is 64.7 cm³/mol. The lowest BCUT2D eigenvalue weighted by atomic mass is 10.2. The quantitative estimate of drug-likeness (QED) is 0.776. The maximum atomic E-state index is 12.2. The first-order valence-electron chi connectivity index (χ1n) is 6.19. The van der Waals surface area contributed by atoms with Crippen LogP contribution in [0.25, 0.3) is 0 Å². The fourth-order valence-corrected chi connectivity index (χ4v) is 3.78. The van der Waals surface area contributed by atoms with Crippen LogP contribution in [0.3, 0.4) is 0 Å². The van der Waals surface area contributed by atoms with Crippen molar-refractivity contribution in [1.82, 2.24) is 9.62 Å². The second-order valence-electron chi connectivity index (χ2n) is 4.91. The highest BCUT2D eigenvalue weighted by atomic mass is 32.2. The molecule has 96 valence electrons. The SMILES string of the molecule is CC(C#N)S(=O)(=O)N(CC1CCCN1)C1CC1. The Morgan fingerprint density at radius 2 is 2.18 bits per heavy atom. The second kappa shape index (κ2) is 4.92. The molecule has 6 heteroatoms. The van der Waals surface area contributed by atoms with Crippen LogP contribution < -0.4 is 5.32 Å². The molecule has 0 amide bonds. The molecule has 0 bridgehead atoms. The summed E-state index contributed by atoms with van der Waals surface area (Å²) in [6, 6.07) is 2.24. The van der Waals surface area contributed by atoms with Crippen LogP contribution in [0.5, 0.6) is 0 Å². The Balaban J connectivity index is 2.09. The van der Waals surface area contributed by atoms with E-state index < -0.39 is 15.3 Å². The molecule has 5 nitrogen and oxygen atoms in total. The summed E-state index contributed by atoms with van der Waals surface area (Å²) < 4.78 is 26.0. The molecular weight excluding hydrogens is 238 g/mol. The molecule has 2 fully saturated rings. The molecule has 2 unspecified atom stereocenters. The average molecular weight is 257 g/mol. The molecule has 1 saturated carbocycles. The zero-order valence-electron chi connectivity index (χ0n) is 10.1. The van der Waals surface area contributed by atoms with Gasteiger partial charge in [-0.15, -0.1) is 0 Å². The molecule has 2 rings (SSSR count). The molecule has 1 aliphatic heterocycles. The van der Waals surface area contributed by atoms with Gasteiger partial charge in [-0.3, -0.25) is 0 Å². The van der Waals surface area contributed by atoms with Crippen molar-refractivity contribution < 1.29 is 8.42 Å². The van der Waals surface area contributed by atoms with Crippen molar-refractivity contribution in [3.05, 3.63) is 0 Å². The summed E-state index contributed by atoms with van der Waals surface area (Å²) in [6.45, 7) is 2.96. The summed E-state index contributed by atoms with van der Waals surface area (Å²) in [5, 5.41) is 11.2. The molecule has 2 atom stereocenters. The minimum Gasteiger partial charge on any atom is -0.313 e. The lowest BCUT2D eigenvalue weighted by Gasteiger charge is -2.26.